The highest BCUT2D eigenvalue weighted by Crippen LogP contribution is 2.22. The van der Waals surface area contributed by atoms with Gasteiger partial charge in [-0.05, 0) is 37.1 Å². The number of ether oxygens (including phenoxy) is 1. The first-order chi connectivity index (χ1) is 10.8. The van der Waals surface area contributed by atoms with Crippen molar-refractivity contribution < 1.29 is 9.53 Å². The van der Waals surface area contributed by atoms with Crippen LogP contribution in [-0.4, -0.2) is 35.4 Å². The minimum absolute atomic E-state index is 0.0607. The Morgan fingerprint density at radius 2 is 2.09 bits per heavy atom. The first-order valence-electron chi connectivity index (χ1n) is 7.44. The van der Waals surface area contributed by atoms with Crippen molar-refractivity contribution in [1.29, 1.82) is 0 Å². The lowest BCUT2D eigenvalue weighted by atomic mass is 10.1. The Balaban J connectivity index is 1.72. The van der Waals surface area contributed by atoms with Crippen molar-refractivity contribution in [3.63, 3.8) is 0 Å². The minimum Gasteiger partial charge on any atom is -0.457 e. The number of benzene rings is 1. The second-order valence-electron chi connectivity index (χ2n) is 5.43. The van der Waals surface area contributed by atoms with Gasteiger partial charge in [0.2, 0.25) is 0 Å². The van der Waals surface area contributed by atoms with Crippen LogP contribution in [0.5, 0.6) is 11.5 Å². The molecule has 1 fully saturated rings. The normalized spacial score (nSPS) is 17.5. The van der Waals surface area contributed by atoms with Crippen LogP contribution in [0.2, 0.25) is 0 Å². The molecule has 1 aliphatic rings. The highest BCUT2D eigenvalue weighted by atomic mass is 16.5. The molecule has 1 aromatic heterocycles. The minimum atomic E-state index is -0.0607. The number of hydrogen-bond donors (Lipinski definition) is 1. The summed E-state index contributed by atoms with van der Waals surface area (Å²) in [6.45, 7) is 2.07. The van der Waals surface area contributed by atoms with Crippen LogP contribution in [0.1, 0.15) is 16.9 Å². The number of rotatable bonds is 4. The lowest BCUT2D eigenvalue weighted by Crippen LogP contribution is -2.30. The van der Waals surface area contributed by atoms with Gasteiger partial charge in [0.05, 0.1) is 0 Å². The standard InChI is InChI=1S/C17H19N3O2/c18-11-13-7-9-20(12-13)17(21)16-10-15(6-8-19-16)22-14-4-2-1-3-5-14/h1-6,8,10,13H,7,9,11-12,18H2/t13-/m0/s1. The number of hydrogen-bond acceptors (Lipinski definition) is 4. The van der Waals surface area contributed by atoms with Gasteiger partial charge in [0.1, 0.15) is 17.2 Å². The third-order valence-corrected chi connectivity index (χ3v) is 3.84. The fourth-order valence-corrected chi connectivity index (χ4v) is 2.59. The maximum atomic E-state index is 12.5. The number of para-hydroxylation sites is 1. The molecular weight excluding hydrogens is 278 g/mol. The van der Waals surface area contributed by atoms with E-state index in [-0.39, 0.29) is 5.91 Å². The first kappa shape index (κ1) is 14.5. The van der Waals surface area contributed by atoms with Crippen molar-refractivity contribution in [2.75, 3.05) is 19.6 Å². The van der Waals surface area contributed by atoms with Crippen molar-refractivity contribution in [3.05, 3.63) is 54.4 Å². The van der Waals surface area contributed by atoms with E-state index >= 15 is 0 Å². The van der Waals surface area contributed by atoms with Gasteiger partial charge in [-0.15, -0.1) is 0 Å². The summed E-state index contributed by atoms with van der Waals surface area (Å²) < 4.78 is 5.74. The summed E-state index contributed by atoms with van der Waals surface area (Å²) in [5, 5.41) is 0. The first-order valence-corrected chi connectivity index (χ1v) is 7.44. The Bertz CT molecular complexity index is 645. The number of nitrogens with zero attached hydrogens (tertiary/aromatic N) is 2. The van der Waals surface area contributed by atoms with Crippen molar-refractivity contribution in [2.45, 2.75) is 6.42 Å². The fourth-order valence-electron chi connectivity index (χ4n) is 2.59. The zero-order chi connectivity index (χ0) is 15.4. The summed E-state index contributed by atoms with van der Waals surface area (Å²) in [5.74, 6) is 1.68. The molecule has 1 aromatic carbocycles. The van der Waals surface area contributed by atoms with Crippen molar-refractivity contribution in [2.24, 2.45) is 11.7 Å². The molecule has 1 saturated heterocycles. The van der Waals surface area contributed by atoms with Gasteiger partial charge in [-0.1, -0.05) is 18.2 Å². The van der Waals surface area contributed by atoms with Gasteiger partial charge in [0.15, 0.2) is 0 Å². The molecule has 0 unspecified atom stereocenters. The topological polar surface area (TPSA) is 68.5 Å². The maximum absolute atomic E-state index is 12.5. The van der Waals surface area contributed by atoms with E-state index in [0.29, 0.717) is 30.5 Å². The third kappa shape index (κ3) is 3.26. The van der Waals surface area contributed by atoms with Crippen LogP contribution in [0.15, 0.2) is 48.7 Å². The Hall–Kier alpha value is -2.40. The molecule has 2 aromatic rings. The molecular formula is C17H19N3O2. The van der Waals surface area contributed by atoms with E-state index in [1.807, 2.05) is 35.2 Å². The van der Waals surface area contributed by atoms with Crippen LogP contribution in [0.3, 0.4) is 0 Å². The number of pyridine rings is 1. The average Bonchev–Trinajstić information content (AvgIpc) is 3.04. The molecule has 1 amide bonds. The van der Waals surface area contributed by atoms with Crippen LogP contribution < -0.4 is 10.5 Å². The molecule has 0 radical (unpaired) electrons. The molecule has 0 spiro atoms. The summed E-state index contributed by atoms with van der Waals surface area (Å²) in [6, 6.07) is 12.9. The van der Waals surface area contributed by atoms with E-state index in [9.17, 15) is 4.79 Å². The molecule has 2 heterocycles. The number of carbonyl (C=O) groups excluding carboxylic acids is 1. The maximum Gasteiger partial charge on any atom is 0.272 e. The number of likely N-dealkylation sites (tertiary alicyclic amines) is 1. The van der Waals surface area contributed by atoms with Crippen LogP contribution >= 0.6 is 0 Å². The van der Waals surface area contributed by atoms with Crippen molar-refractivity contribution >= 4 is 5.91 Å². The second kappa shape index (κ2) is 6.58. The summed E-state index contributed by atoms with van der Waals surface area (Å²) >= 11 is 0. The molecule has 5 heteroatoms. The Morgan fingerprint density at radius 3 is 2.82 bits per heavy atom. The fraction of sp³-hybridized carbons (Fsp3) is 0.294. The monoisotopic (exact) mass is 297 g/mol. The lowest BCUT2D eigenvalue weighted by molar-refractivity contribution is 0.0781. The molecule has 114 valence electrons. The van der Waals surface area contributed by atoms with E-state index in [1.165, 1.54) is 0 Å². The highest BCUT2D eigenvalue weighted by Gasteiger charge is 2.26. The van der Waals surface area contributed by atoms with Gasteiger partial charge >= 0.3 is 0 Å². The Labute approximate surface area is 129 Å². The van der Waals surface area contributed by atoms with Gasteiger partial charge < -0.3 is 15.4 Å². The summed E-state index contributed by atoms with van der Waals surface area (Å²) in [4.78, 5) is 18.5. The zero-order valence-corrected chi connectivity index (χ0v) is 12.3. The van der Waals surface area contributed by atoms with E-state index in [4.69, 9.17) is 10.5 Å². The largest absolute Gasteiger partial charge is 0.457 e. The Morgan fingerprint density at radius 1 is 1.27 bits per heavy atom. The lowest BCUT2D eigenvalue weighted by Gasteiger charge is -2.16. The number of aromatic nitrogens is 1. The van der Waals surface area contributed by atoms with Gasteiger partial charge in [-0.3, -0.25) is 9.78 Å². The number of carbonyl (C=O) groups is 1. The van der Waals surface area contributed by atoms with Crippen LogP contribution in [0, 0.1) is 5.92 Å². The molecule has 2 N–H and O–H groups in total. The van der Waals surface area contributed by atoms with E-state index in [1.54, 1.807) is 18.3 Å². The summed E-state index contributed by atoms with van der Waals surface area (Å²) in [5.41, 5.74) is 6.08. The Kier molecular flexibility index (Phi) is 4.34. The van der Waals surface area contributed by atoms with Crippen molar-refractivity contribution in [3.8, 4) is 11.5 Å². The molecule has 0 aliphatic carbocycles. The van der Waals surface area contributed by atoms with Crippen molar-refractivity contribution in [1.82, 2.24) is 9.88 Å². The summed E-state index contributed by atoms with van der Waals surface area (Å²) in [7, 11) is 0. The van der Waals surface area contributed by atoms with Crippen LogP contribution in [0.25, 0.3) is 0 Å². The second-order valence-corrected chi connectivity index (χ2v) is 5.43. The average molecular weight is 297 g/mol. The van der Waals surface area contributed by atoms with Gasteiger partial charge in [0.25, 0.3) is 5.91 Å². The van der Waals surface area contributed by atoms with Crippen LogP contribution in [-0.2, 0) is 0 Å². The highest BCUT2D eigenvalue weighted by molar-refractivity contribution is 5.92. The molecule has 3 rings (SSSR count). The van der Waals surface area contributed by atoms with E-state index in [2.05, 4.69) is 4.98 Å². The quantitative estimate of drug-likeness (QED) is 0.940. The van der Waals surface area contributed by atoms with Gasteiger partial charge in [-0.25, -0.2) is 0 Å². The van der Waals surface area contributed by atoms with E-state index in [0.717, 1.165) is 18.7 Å². The van der Waals surface area contributed by atoms with Crippen LogP contribution in [0.4, 0.5) is 0 Å². The van der Waals surface area contributed by atoms with Gasteiger partial charge in [-0.2, -0.15) is 0 Å². The van der Waals surface area contributed by atoms with Gasteiger partial charge in [0, 0.05) is 25.4 Å². The molecule has 22 heavy (non-hydrogen) atoms. The SMILES string of the molecule is NC[C@@H]1CCN(C(=O)c2cc(Oc3ccccc3)ccn2)C1. The molecule has 1 aliphatic heterocycles. The van der Waals surface area contributed by atoms with E-state index < -0.39 is 0 Å². The number of amides is 1. The molecule has 0 saturated carbocycles. The molecule has 5 nitrogen and oxygen atoms in total. The molecule has 1 atom stereocenters. The predicted octanol–water partition coefficient (Wildman–Crippen LogP) is 2.29. The smallest absolute Gasteiger partial charge is 0.272 e. The molecule has 0 bridgehead atoms. The third-order valence-electron chi connectivity index (χ3n) is 3.84. The number of nitrogens with two attached hydrogens (primary N) is 1. The predicted molar refractivity (Wildman–Crippen MR) is 83.8 cm³/mol. The summed E-state index contributed by atoms with van der Waals surface area (Å²) in [6.07, 6.45) is 2.56. The zero-order valence-electron chi connectivity index (χ0n) is 12.3.